The SMILES string of the molecule is CCCCOC1=CC=CC(N)(OCCCC)C1OCCCC. The molecular weight excluding hydrogens is 278 g/mol. The normalized spacial score (nSPS) is 24.4. The molecule has 4 nitrogen and oxygen atoms in total. The van der Waals surface area contributed by atoms with E-state index < -0.39 is 5.72 Å². The molecule has 0 saturated heterocycles. The van der Waals surface area contributed by atoms with E-state index in [1.165, 1.54) is 0 Å². The van der Waals surface area contributed by atoms with Crippen molar-refractivity contribution in [1.82, 2.24) is 0 Å². The maximum Gasteiger partial charge on any atom is 0.169 e. The van der Waals surface area contributed by atoms with Gasteiger partial charge in [-0.25, -0.2) is 0 Å². The summed E-state index contributed by atoms with van der Waals surface area (Å²) in [5, 5.41) is 0. The highest BCUT2D eigenvalue weighted by Gasteiger charge is 2.40. The fraction of sp³-hybridized carbons (Fsp3) is 0.778. The van der Waals surface area contributed by atoms with E-state index >= 15 is 0 Å². The molecule has 1 rings (SSSR count). The molecule has 4 heteroatoms. The predicted octanol–water partition coefficient (Wildman–Crippen LogP) is 3.91. The van der Waals surface area contributed by atoms with Crippen LogP contribution in [0.2, 0.25) is 0 Å². The predicted molar refractivity (Wildman–Crippen MR) is 90.5 cm³/mol. The van der Waals surface area contributed by atoms with E-state index in [-0.39, 0.29) is 6.10 Å². The van der Waals surface area contributed by atoms with Crippen LogP contribution in [0.5, 0.6) is 0 Å². The monoisotopic (exact) mass is 311 g/mol. The third kappa shape index (κ3) is 6.11. The molecule has 0 aliphatic heterocycles. The van der Waals surface area contributed by atoms with E-state index in [0.29, 0.717) is 19.8 Å². The largest absolute Gasteiger partial charge is 0.495 e. The number of hydrogen-bond donors (Lipinski definition) is 1. The second-order valence-electron chi connectivity index (χ2n) is 5.79. The average Bonchev–Trinajstić information content (AvgIpc) is 2.50. The number of unbranched alkanes of at least 4 members (excludes halogenated alkanes) is 3. The molecule has 0 radical (unpaired) electrons. The molecule has 2 atom stereocenters. The van der Waals surface area contributed by atoms with E-state index in [1.54, 1.807) is 0 Å². The minimum Gasteiger partial charge on any atom is -0.495 e. The number of allylic oxidation sites excluding steroid dienone is 2. The van der Waals surface area contributed by atoms with Gasteiger partial charge >= 0.3 is 0 Å². The lowest BCUT2D eigenvalue weighted by Crippen LogP contribution is -2.55. The molecule has 0 saturated carbocycles. The standard InChI is InChI=1S/C18H33NO3/c1-4-7-13-20-16-11-10-12-18(19,22-15-9-6-3)17(16)21-14-8-5-2/h10-12,17H,4-9,13-15,19H2,1-3H3. The van der Waals surface area contributed by atoms with Gasteiger partial charge in [-0.3, -0.25) is 5.73 Å². The fourth-order valence-corrected chi connectivity index (χ4v) is 2.22. The Hall–Kier alpha value is -0.840. The maximum absolute atomic E-state index is 6.47. The molecule has 2 N–H and O–H groups in total. The van der Waals surface area contributed by atoms with Crippen molar-refractivity contribution in [2.24, 2.45) is 5.73 Å². The van der Waals surface area contributed by atoms with Gasteiger partial charge in [-0.05, 0) is 31.4 Å². The number of ether oxygens (including phenoxy) is 3. The van der Waals surface area contributed by atoms with Gasteiger partial charge in [0.25, 0.3) is 0 Å². The highest BCUT2D eigenvalue weighted by Crippen LogP contribution is 2.27. The number of nitrogens with two attached hydrogens (primary N) is 1. The Labute approximate surface area is 135 Å². The topological polar surface area (TPSA) is 53.7 Å². The third-order valence-electron chi connectivity index (χ3n) is 3.68. The molecule has 0 bridgehead atoms. The van der Waals surface area contributed by atoms with Gasteiger partial charge in [-0.2, -0.15) is 0 Å². The highest BCUT2D eigenvalue weighted by molar-refractivity contribution is 5.26. The van der Waals surface area contributed by atoms with Crippen LogP contribution < -0.4 is 5.73 Å². The summed E-state index contributed by atoms with van der Waals surface area (Å²) in [7, 11) is 0. The van der Waals surface area contributed by atoms with E-state index in [4.69, 9.17) is 19.9 Å². The Morgan fingerprint density at radius 3 is 2.32 bits per heavy atom. The van der Waals surface area contributed by atoms with Crippen LogP contribution in [-0.2, 0) is 14.2 Å². The second-order valence-corrected chi connectivity index (χ2v) is 5.79. The molecule has 1 aliphatic carbocycles. The molecule has 0 heterocycles. The Kier molecular flexibility index (Phi) is 9.44. The summed E-state index contributed by atoms with van der Waals surface area (Å²) in [4.78, 5) is 0. The van der Waals surface area contributed by atoms with Gasteiger partial charge in [-0.15, -0.1) is 0 Å². The zero-order valence-electron chi connectivity index (χ0n) is 14.5. The van der Waals surface area contributed by atoms with Gasteiger partial charge in [0, 0.05) is 13.2 Å². The van der Waals surface area contributed by atoms with Crippen molar-refractivity contribution in [2.75, 3.05) is 19.8 Å². The minimum atomic E-state index is -0.931. The summed E-state index contributed by atoms with van der Waals surface area (Å²) in [6.45, 7) is 8.42. The molecule has 0 spiro atoms. The quantitative estimate of drug-likeness (QED) is 0.438. The summed E-state index contributed by atoms with van der Waals surface area (Å²) in [6, 6.07) is 0. The average molecular weight is 311 g/mol. The Morgan fingerprint density at radius 2 is 1.64 bits per heavy atom. The third-order valence-corrected chi connectivity index (χ3v) is 3.68. The van der Waals surface area contributed by atoms with Gasteiger partial charge in [0.1, 0.15) is 5.76 Å². The van der Waals surface area contributed by atoms with Crippen LogP contribution in [0.1, 0.15) is 59.3 Å². The minimum absolute atomic E-state index is 0.363. The summed E-state index contributed by atoms with van der Waals surface area (Å²) in [5.41, 5.74) is 5.53. The van der Waals surface area contributed by atoms with Crippen LogP contribution in [0.25, 0.3) is 0 Å². The van der Waals surface area contributed by atoms with Crippen LogP contribution in [0, 0.1) is 0 Å². The van der Waals surface area contributed by atoms with E-state index in [9.17, 15) is 0 Å². The number of hydrogen-bond acceptors (Lipinski definition) is 4. The first-order valence-electron chi connectivity index (χ1n) is 8.74. The molecule has 1 aliphatic rings. The Morgan fingerprint density at radius 1 is 1.00 bits per heavy atom. The molecule has 128 valence electrons. The van der Waals surface area contributed by atoms with Crippen molar-refractivity contribution in [3.05, 3.63) is 24.0 Å². The van der Waals surface area contributed by atoms with Crippen molar-refractivity contribution >= 4 is 0 Å². The molecule has 0 amide bonds. The van der Waals surface area contributed by atoms with E-state index in [2.05, 4.69) is 20.8 Å². The first-order chi connectivity index (χ1) is 10.7. The van der Waals surface area contributed by atoms with Crippen LogP contribution >= 0.6 is 0 Å². The summed E-state index contributed by atoms with van der Waals surface area (Å²) < 4.78 is 17.8. The van der Waals surface area contributed by atoms with Crippen LogP contribution in [0.3, 0.4) is 0 Å². The van der Waals surface area contributed by atoms with Crippen molar-refractivity contribution < 1.29 is 14.2 Å². The number of rotatable bonds is 12. The first-order valence-corrected chi connectivity index (χ1v) is 8.74. The van der Waals surface area contributed by atoms with Crippen molar-refractivity contribution in [3.8, 4) is 0 Å². The molecule has 0 aromatic rings. The van der Waals surface area contributed by atoms with Gasteiger partial charge in [0.05, 0.1) is 6.61 Å². The van der Waals surface area contributed by atoms with Gasteiger partial charge < -0.3 is 14.2 Å². The summed E-state index contributed by atoms with van der Waals surface area (Å²) >= 11 is 0. The lowest BCUT2D eigenvalue weighted by molar-refractivity contribution is -0.121. The molecule has 0 aromatic heterocycles. The molecule has 0 fully saturated rings. The van der Waals surface area contributed by atoms with Crippen LogP contribution in [-0.4, -0.2) is 31.6 Å². The molecule has 22 heavy (non-hydrogen) atoms. The van der Waals surface area contributed by atoms with Crippen LogP contribution in [0.15, 0.2) is 24.0 Å². The lowest BCUT2D eigenvalue weighted by Gasteiger charge is -2.37. The lowest BCUT2D eigenvalue weighted by atomic mass is 9.99. The van der Waals surface area contributed by atoms with Crippen molar-refractivity contribution in [2.45, 2.75) is 71.1 Å². The highest BCUT2D eigenvalue weighted by atomic mass is 16.6. The van der Waals surface area contributed by atoms with E-state index in [0.717, 1.165) is 44.3 Å². The summed E-state index contributed by atoms with van der Waals surface area (Å²) in [6.07, 6.45) is 11.7. The van der Waals surface area contributed by atoms with Gasteiger partial charge in [0.2, 0.25) is 0 Å². The van der Waals surface area contributed by atoms with Gasteiger partial charge in [0.15, 0.2) is 11.8 Å². The molecular formula is C18H33NO3. The fourth-order valence-electron chi connectivity index (χ4n) is 2.22. The van der Waals surface area contributed by atoms with E-state index in [1.807, 2.05) is 18.2 Å². The summed E-state index contributed by atoms with van der Waals surface area (Å²) in [5.74, 6) is 0.783. The zero-order valence-corrected chi connectivity index (χ0v) is 14.5. The maximum atomic E-state index is 6.47. The van der Waals surface area contributed by atoms with Gasteiger partial charge in [-0.1, -0.05) is 46.1 Å². The molecule has 0 aromatic carbocycles. The zero-order chi connectivity index (χ0) is 16.3. The van der Waals surface area contributed by atoms with Crippen molar-refractivity contribution in [1.29, 1.82) is 0 Å². The smallest absolute Gasteiger partial charge is 0.169 e. The van der Waals surface area contributed by atoms with Crippen LogP contribution in [0.4, 0.5) is 0 Å². The second kappa shape index (κ2) is 10.8. The molecule has 2 unspecified atom stereocenters. The van der Waals surface area contributed by atoms with Crippen molar-refractivity contribution in [3.63, 3.8) is 0 Å². The Bertz CT molecular complexity index is 354. The Balaban J connectivity index is 2.71. The first kappa shape index (κ1) is 19.2.